The summed E-state index contributed by atoms with van der Waals surface area (Å²) in [6.45, 7) is 0. The van der Waals surface area contributed by atoms with Crippen molar-refractivity contribution in [3.63, 3.8) is 0 Å². The normalized spacial score (nSPS) is 14.5. The van der Waals surface area contributed by atoms with E-state index < -0.39 is 20.7 Å². The molecule has 0 atom stereocenters. The van der Waals surface area contributed by atoms with E-state index in [-0.39, 0.29) is 0 Å². The third kappa shape index (κ3) is 2.02. The van der Waals surface area contributed by atoms with E-state index in [1.54, 1.807) is 0 Å². The second-order valence-corrected chi connectivity index (χ2v) is 2.69. The highest BCUT2D eigenvalue weighted by Crippen LogP contribution is 2.42. The Morgan fingerprint density at radius 1 is 0.833 bits per heavy atom. The summed E-state index contributed by atoms with van der Waals surface area (Å²) >= 11 is 12.6. The minimum Gasteiger partial charge on any atom is -0.177 e. The van der Waals surface area contributed by atoms with Crippen LogP contribution in [0.25, 0.3) is 0 Å². The molecule has 0 aliphatic rings. The van der Waals surface area contributed by atoms with Crippen LogP contribution in [-0.4, -0.2) is 20.7 Å². The smallest absolute Gasteiger partial charge is 0.177 e. The SMILES string of the molecule is FN(Cl)C(F)(F)C(F)(F)N(Cl)Cl. The predicted molar refractivity (Wildman–Crippen MR) is 32.2 cm³/mol. The molecule has 12 heavy (non-hydrogen) atoms. The minimum absolute atomic E-state index is 1.19. The lowest BCUT2D eigenvalue weighted by atomic mass is 10.5. The zero-order chi connectivity index (χ0) is 10.2. The highest BCUT2D eigenvalue weighted by atomic mass is 35.5. The van der Waals surface area contributed by atoms with Crippen LogP contribution in [0.1, 0.15) is 0 Å². The van der Waals surface area contributed by atoms with Gasteiger partial charge in [-0.3, -0.25) is 0 Å². The molecule has 0 aromatic carbocycles. The number of hydrogen-bond donors (Lipinski definition) is 0. The average molecular weight is 253 g/mol. The van der Waals surface area contributed by atoms with Gasteiger partial charge in [0.2, 0.25) is 0 Å². The Balaban J connectivity index is 4.75. The molecule has 10 heteroatoms. The third-order valence-corrected chi connectivity index (χ3v) is 1.42. The first-order valence-electron chi connectivity index (χ1n) is 2.13. The maximum atomic E-state index is 12.1. The van der Waals surface area contributed by atoms with Gasteiger partial charge >= 0.3 is 12.1 Å². The van der Waals surface area contributed by atoms with Crippen molar-refractivity contribution in [3.8, 4) is 0 Å². The van der Waals surface area contributed by atoms with Gasteiger partial charge in [-0.2, -0.15) is 17.6 Å². The van der Waals surface area contributed by atoms with Crippen LogP contribution >= 0.6 is 35.3 Å². The van der Waals surface area contributed by atoms with Crippen molar-refractivity contribution in [1.29, 1.82) is 0 Å². The molecule has 0 aromatic heterocycles. The summed E-state index contributed by atoms with van der Waals surface area (Å²) in [5, 5.41) is 0. The summed E-state index contributed by atoms with van der Waals surface area (Å²) in [7, 11) is 0. The Morgan fingerprint density at radius 2 is 1.17 bits per heavy atom. The molecule has 2 nitrogen and oxygen atoms in total. The molecule has 0 fully saturated rings. The van der Waals surface area contributed by atoms with Crippen LogP contribution in [0.3, 0.4) is 0 Å². The first kappa shape index (κ1) is 12.4. The lowest BCUT2D eigenvalue weighted by Gasteiger charge is -2.27. The van der Waals surface area contributed by atoms with Gasteiger partial charge in [-0.25, -0.2) is 0 Å². The van der Waals surface area contributed by atoms with E-state index in [1.165, 1.54) is 0 Å². The van der Waals surface area contributed by atoms with Crippen LogP contribution in [0.15, 0.2) is 0 Å². The second kappa shape index (κ2) is 3.67. The lowest BCUT2D eigenvalue weighted by Crippen LogP contribution is -2.52. The van der Waals surface area contributed by atoms with E-state index in [0.717, 1.165) is 0 Å². The van der Waals surface area contributed by atoms with E-state index in [2.05, 4.69) is 35.3 Å². The highest BCUT2D eigenvalue weighted by Gasteiger charge is 2.65. The third-order valence-electron chi connectivity index (χ3n) is 0.786. The number of hydrogen-bond acceptors (Lipinski definition) is 2. The maximum absolute atomic E-state index is 12.1. The van der Waals surface area contributed by atoms with Crippen molar-refractivity contribution in [2.45, 2.75) is 12.1 Å². The van der Waals surface area contributed by atoms with Gasteiger partial charge in [0.25, 0.3) is 0 Å². The number of halogens is 8. The molecule has 0 rings (SSSR count). The molecule has 0 N–H and O–H groups in total. The zero-order valence-corrected chi connectivity index (χ0v) is 7.19. The molecule has 0 aliphatic carbocycles. The Morgan fingerprint density at radius 3 is 1.25 bits per heavy atom. The van der Waals surface area contributed by atoms with E-state index in [1.807, 2.05) is 0 Å². The van der Waals surface area contributed by atoms with Crippen LogP contribution in [0.4, 0.5) is 22.0 Å². The Labute approximate surface area is 78.6 Å². The van der Waals surface area contributed by atoms with Gasteiger partial charge in [0.05, 0.1) is 0 Å². The van der Waals surface area contributed by atoms with E-state index in [4.69, 9.17) is 0 Å². The standard InChI is InChI=1S/C2Cl3F5N2/c3-11(4)1(6,7)2(8,9)12(5)10. The Hall–Kier alpha value is 0.440. The van der Waals surface area contributed by atoms with E-state index in [9.17, 15) is 22.0 Å². The van der Waals surface area contributed by atoms with Crippen molar-refractivity contribution in [3.05, 3.63) is 0 Å². The Bertz CT molecular complexity index is 143. The summed E-state index contributed by atoms with van der Waals surface area (Å²) in [5.41, 5.74) is 0. The number of rotatable bonds is 3. The van der Waals surface area contributed by atoms with Crippen LogP contribution in [0.2, 0.25) is 0 Å². The predicted octanol–water partition coefficient (Wildman–Crippen LogP) is 3.12. The average Bonchev–Trinajstić information content (AvgIpc) is 1.86. The molecule has 0 radical (unpaired) electrons. The summed E-state index contributed by atoms with van der Waals surface area (Å²) in [4.78, 5) is 0. The molecule has 0 heterocycles. The molecule has 0 saturated heterocycles. The first-order chi connectivity index (χ1) is 5.14. The fourth-order valence-electron chi connectivity index (χ4n) is 0.203. The van der Waals surface area contributed by atoms with Gasteiger partial charge < -0.3 is 0 Å². The van der Waals surface area contributed by atoms with Crippen LogP contribution in [0.5, 0.6) is 0 Å². The van der Waals surface area contributed by atoms with Gasteiger partial charge in [-0.1, -0.05) is 3.94 Å². The molecule has 0 bridgehead atoms. The van der Waals surface area contributed by atoms with Crippen molar-refractivity contribution < 1.29 is 22.0 Å². The molecule has 0 aromatic rings. The van der Waals surface area contributed by atoms with E-state index in [0.29, 0.717) is 0 Å². The molecule has 0 saturated carbocycles. The summed E-state index contributed by atoms with van der Waals surface area (Å²) in [6, 6.07) is -10.5. The summed E-state index contributed by atoms with van der Waals surface area (Å²) < 4.78 is 56.7. The van der Waals surface area contributed by atoms with Crippen LogP contribution in [0, 0.1) is 0 Å². The first-order valence-corrected chi connectivity index (χ1v) is 3.14. The van der Waals surface area contributed by atoms with Gasteiger partial charge in [0.15, 0.2) is 0 Å². The fraction of sp³-hybridized carbons (Fsp3) is 1.00. The number of nitrogens with zero attached hydrogens (tertiary/aromatic N) is 2. The summed E-state index contributed by atoms with van der Waals surface area (Å²) in [5.74, 6) is 0. The molecule has 0 spiro atoms. The number of alkyl halides is 4. The molecule has 0 amide bonds. The molecule has 74 valence electrons. The molecule has 0 unspecified atom stereocenters. The molecular formula is C2Cl3F5N2. The largest absolute Gasteiger partial charge is 0.423 e. The van der Waals surface area contributed by atoms with Gasteiger partial charge in [-0.05, 0) is 0 Å². The zero-order valence-electron chi connectivity index (χ0n) is 4.92. The van der Waals surface area contributed by atoms with E-state index >= 15 is 0 Å². The topological polar surface area (TPSA) is 6.48 Å². The van der Waals surface area contributed by atoms with Crippen molar-refractivity contribution in [1.82, 2.24) is 8.58 Å². The molecule has 0 aliphatic heterocycles. The second-order valence-electron chi connectivity index (χ2n) is 1.55. The highest BCUT2D eigenvalue weighted by molar-refractivity contribution is 6.34. The maximum Gasteiger partial charge on any atom is 0.423 e. The lowest BCUT2D eigenvalue weighted by molar-refractivity contribution is -0.324. The van der Waals surface area contributed by atoms with Gasteiger partial charge in [0.1, 0.15) is 0 Å². The van der Waals surface area contributed by atoms with Crippen molar-refractivity contribution in [2.75, 3.05) is 0 Å². The quantitative estimate of drug-likeness (QED) is 0.433. The monoisotopic (exact) mass is 252 g/mol. The van der Waals surface area contributed by atoms with Crippen molar-refractivity contribution >= 4 is 35.3 Å². The molecular weight excluding hydrogens is 253 g/mol. The fourth-order valence-corrected chi connectivity index (χ4v) is 0.508. The summed E-state index contributed by atoms with van der Waals surface area (Å²) in [6.07, 6.45) is 0. The van der Waals surface area contributed by atoms with Crippen molar-refractivity contribution in [2.24, 2.45) is 0 Å². The van der Waals surface area contributed by atoms with Gasteiger partial charge in [-0.15, -0.1) is 4.48 Å². The Kier molecular flexibility index (Phi) is 3.80. The van der Waals surface area contributed by atoms with Crippen LogP contribution in [-0.2, 0) is 0 Å². The van der Waals surface area contributed by atoms with Gasteiger partial charge in [0, 0.05) is 40.0 Å². The minimum atomic E-state index is -5.32. The van der Waals surface area contributed by atoms with Crippen LogP contribution < -0.4 is 0 Å².